The molecule has 0 bridgehead atoms. The van der Waals surface area contributed by atoms with Crippen molar-refractivity contribution in [1.82, 2.24) is 5.32 Å². The summed E-state index contributed by atoms with van der Waals surface area (Å²) in [4.78, 5) is 0. The summed E-state index contributed by atoms with van der Waals surface area (Å²) in [7, 11) is 0. The number of hydrogen-bond donors (Lipinski definition) is 1. The van der Waals surface area contributed by atoms with Crippen LogP contribution in [-0.2, 0) is 0 Å². The van der Waals surface area contributed by atoms with E-state index >= 15 is 0 Å². The lowest BCUT2D eigenvalue weighted by atomic mass is 10.0. The quantitative estimate of drug-likeness (QED) is 0.666. The zero-order chi connectivity index (χ0) is 9.52. The first-order valence-corrected chi connectivity index (χ1v) is 6.06. The van der Waals surface area contributed by atoms with Gasteiger partial charge in [-0.3, -0.25) is 0 Å². The monoisotopic (exact) mass is 183 g/mol. The molecule has 0 aromatic heterocycles. The van der Waals surface area contributed by atoms with Crippen molar-refractivity contribution in [1.29, 1.82) is 0 Å². The van der Waals surface area contributed by atoms with Crippen molar-refractivity contribution in [2.75, 3.05) is 6.54 Å². The topological polar surface area (TPSA) is 12.0 Å². The summed E-state index contributed by atoms with van der Waals surface area (Å²) in [5, 5.41) is 3.61. The molecule has 1 N–H and O–H groups in total. The van der Waals surface area contributed by atoms with Crippen molar-refractivity contribution in [3.8, 4) is 0 Å². The van der Waals surface area contributed by atoms with Gasteiger partial charge in [-0.2, -0.15) is 0 Å². The standard InChI is InChI=1S/C12H25N/c1-3-6-11(2)13-10-9-12-7-4-5-8-12/h11-13H,3-10H2,1-2H3. The highest BCUT2D eigenvalue weighted by Crippen LogP contribution is 2.26. The molecule has 1 rings (SSSR count). The minimum Gasteiger partial charge on any atom is -0.314 e. The smallest absolute Gasteiger partial charge is 0.00386 e. The summed E-state index contributed by atoms with van der Waals surface area (Å²) in [6.07, 6.45) is 9.98. The normalized spacial score (nSPS) is 20.8. The minimum absolute atomic E-state index is 0.728. The van der Waals surface area contributed by atoms with Crippen LogP contribution in [0.15, 0.2) is 0 Å². The van der Waals surface area contributed by atoms with Crippen molar-refractivity contribution in [3.05, 3.63) is 0 Å². The van der Waals surface area contributed by atoms with Crippen molar-refractivity contribution in [3.63, 3.8) is 0 Å². The van der Waals surface area contributed by atoms with Gasteiger partial charge >= 0.3 is 0 Å². The maximum atomic E-state index is 3.61. The molecule has 0 radical (unpaired) electrons. The van der Waals surface area contributed by atoms with E-state index in [9.17, 15) is 0 Å². The summed E-state index contributed by atoms with van der Waals surface area (Å²) >= 11 is 0. The van der Waals surface area contributed by atoms with Crippen LogP contribution in [0.2, 0.25) is 0 Å². The molecule has 0 aromatic rings. The SMILES string of the molecule is CCCC(C)NCCC1CCCC1. The first-order chi connectivity index (χ1) is 6.33. The molecule has 1 atom stereocenters. The average molecular weight is 183 g/mol. The summed E-state index contributed by atoms with van der Waals surface area (Å²) in [6, 6.07) is 0.728. The molecule has 1 heteroatoms. The Kier molecular flexibility index (Phi) is 5.45. The molecule has 13 heavy (non-hydrogen) atoms. The van der Waals surface area contributed by atoms with Crippen LogP contribution >= 0.6 is 0 Å². The van der Waals surface area contributed by atoms with Gasteiger partial charge < -0.3 is 5.32 Å². The maximum Gasteiger partial charge on any atom is 0.00386 e. The van der Waals surface area contributed by atoms with Gasteiger partial charge in [0, 0.05) is 6.04 Å². The third kappa shape index (κ3) is 4.66. The molecule has 1 aliphatic carbocycles. The third-order valence-electron chi connectivity index (χ3n) is 3.24. The second-order valence-corrected chi connectivity index (χ2v) is 4.58. The van der Waals surface area contributed by atoms with Gasteiger partial charge in [0.1, 0.15) is 0 Å². The van der Waals surface area contributed by atoms with Crippen LogP contribution in [-0.4, -0.2) is 12.6 Å². The summed E-state index contributed by atoms with van der Waals surface area (Å²) < 4.78 is 0. The lowest BCUT2D eigenvalue weighted by Crippen LogP contribution is -2.27. The summed E-state index contributed by atoms with van der Waals surface area (Å²) in [5.74, 6) is 1.04. The molecular formula is C12H25N. The van der Waals surface area contributed by atoms with Gasteiger partial charge in [0.05, 0.1) is 0 Å². The van der Waals surface area contributed by atoms with Crippen molar-refractivity contribution >= 4 is 0 Å². The van der Waals surface area contributed by atoms with Crippen LogP contribution in [0.25, 0.3) is 0 Å². The van der Waals surface area contributed by atoms with E-state index in [1.54, 1.807) is 0 Å². The van der Waals surface area contributed by atoms with Crippen LogP contribution < -0.4 is 5.32 Å². The Morgan fingerprint density at radius 2 is 2.00 bits per heavy atom. The molecule has 1 aliphatic rings. The van der Waals surface area contributed by atoms with Crippen LogP contribution in [0.5, 0.6) is 0 Å². The molecule has 0 heterocycles. The van der Waals surface area contributed by atoms with Gasteiger partial charge in [0.2, 0.25) is 0 Å². The fourth-order valence-electron chi connectivity index (χ4n) is 2.37. The number of rotatable bonds is 6. The zero-order valence-electron chi connectivity index (χ0n) is 9.31. The summed E-state index contributed by atoms with van der Waals surface area (Å²) in [6.45, 7) is 5.80. The van der Waals surface area contributed by atoms with Crippen LogP contribution in [0.4, 0.5) is 0 Å². The Hall–Kier alpha value is -0.0400. The molecule has 1 nitrogen and oxygen atoms in total. The maximum absolute atomic E-state index is 3.61. The number of hydrogen-bond acceptors (Lipinski definition) is 1. The Bertz CT molecular complexity index is 116. The highest BCUT2D eigenvalue weighted by Gasteiger charge is 2.14. The van der Waals surface area contributed by atoms with Gasteiger partial charge in [0.15, 0.2) is 0 Å². The lowest BCUT2D eigenvalue weighted by molar-refractivity contribution is 0.437. The van der Waals surface area contributed by atoms with Crippen molar-refractivity contribution in [2.24, 2.45) is 5.92 Å². The van der Waals surface area contributed by atoms with Gasteiger partial charge in [0.25, 0.3) is 0 Å². The lowest BCUT2D eigenvalue weighted by Gasteiger charge is -2.14. The molecule has 1 saturated carbocycles. The highest BCUT2D eigenvalue weighted by atomic mass is 14.9. The average Bonchev–Trinajstić information content (AvgIpc) is 2.57. The Balaban J connectivity index is 1.93. The third-order valence-corrected chi connectivity index (χ3v) is 3.24. The van der Waals surface area contributed by atoms with Gasteiger partial charge in [-0.15, -0.1) is 0 Å². The molecule has 78 valence electrons. The molecular weight excluding hydrogens is 158 g/mol. The van der Waals surface area contributed by atoms with Crippen LogP contribution in [0.3, 0.4) is 0 Å². The van der Waals surface area contributed by atoms with Crippen LogP contribution in [0, 0.1) is 5.92 Å². The second kappa shape index (κ2) is 6.42. The summed E-state index contributed by atoms with van der Waals surface area (Å²) in [5.41, 5.74) is 0. The predicted molar refractivity (Wildman–Crippen MR) is 58.9 cm³/mol. The van der Waals surface area contributed by atoms with Gasteiger partial charge in [-0.1, -0.05) is 39.0 Å². The van der Waals surface area contributed by atoms with E-state index in [0.29, 0.717) is 0 Å². The Labute approximate surface area is 83.3 Å². The van der Waals surface area contributed by atoms with Crippen molar-refractivity contribution < 1.29 is 0 Å². The van der Waals surface area contributed by atoms with Crippen molar-refractivity contribution in [2.45, 2.75) is 64.8 Å². The van der Waals surface area contributed by atoms with E-state index in [2.05, 4.69) is 19.2 Å². The Morgan fingerprint density at radius 3 is 2.62 bits per heavy atom. The second-order valence-electron chi connectivity index (χ2n) is 4.58. The van der Waals surface area contributed by atoms with E-state index in [1.165, 1.54) is 51.5 Å². The fraction of sp³-hybridized carbons (Fsp3) is 1.00. The van der Waals surface area contributed by atoms with Gasteiger partial charge in [-0.25, -0.2) is 0 Å². The van der Waals surface area contributed by atoms with E-state index in [4.69, 9.17) is 0 Å². The Morgan fingerprint density at radius 1 is 1.31 bits per heavy atom. The number of nitrogens with one attached hydrogen (secondary N) is 1. The molecule has 0 aromatic carbocycles. The first-order valence-electron chi connectivity index (χ1n) is 6.06. The first kappa shape index (κ1) is 11.0. The van der Waals surface area contributed by atoms with E-state index in [-0.39, 0.29) is 0 Å². The molecule has 0 amide bonds. The molecule has 1 unspecified atom stereocenters. The predicted octanol–water partition coefficient (Wildman–Crippen LogP) is 3.34. The molecule has 1 fully saturated rings. The fourth-order valence-corrected chi connectivity index (χ4v) is 2.37. The van der Waals surface area contributed by atoms with E-state index < -0.39 is 0 Å². The molecule has 0 aliphatic heterocycles. The molecule has 0 saturated heterocycles. The van der Waals surface area contributed by atoms with E-state index in [1.807, 2.05) is 0 Å². The molecule has 0 spiro atoms. The largest absolute Gasteiger partial charge is 0.314 e. The zero-order valence-corrected chi connectivity index (χ0v) is 9.31. The van der Waals surface area contributed by atoms with E-state index in [0.717, 1.165) is 12.0 Å². The van der Waals surface area contributed by atoms with Crippen LogP contribution in [0.1, 0.15) is 58.8 Å². The highest BCUT2D eigenvalue weighted by molar-refractivity contribution is 4.69. The minimum atomic E-state index is 0.728. The van der Waals surface area contributed by atoms with Gasteiger partial charge in [-0.05, 0) is 32.2 Å².